The van der Waals surface area contributed by atoms with Crippen LogP contribution in [0, 0.1) is 10.8 Å². The molecule has 0 radical (unpaired) electrons. The van der Waals surface area contributed by atoms with Crippen LogP contribution in [0.15, 0.2) is 4.99 Å². The van der Waals surface area contributed by atoms with Crippen molar-refractivity contribution in [3.05, 3.63) is 0 Å². The number of hydrogen-bond donors (Lipinski definition) is 2. The molecule has 0 aliphatic carbocycles. The molecule has 0 aliphatic heterocycles. The molecule has 0 rings (SSSR count). The Balaban J connectivity index is 0. The maximum atomic E-state index is 5.57. The van der Waals surface area contributed by atoms with Gasteiger partial charge in [-0.3, -0.25) is 4.99 Å². The molecule has 0 fully saturated rings. The van der Waals surface area contributed by atoms with Gasteiger partial charge in [0, 0.05) is 27.3 Å². The summed E-state index contributed by atoms with van der Waals surface area (Å²) in [4.78, 5) is 4.65. The zero-order valence-electron chi connectivity index (χ0n) is 16.4. The van der Waals surface area contributed by atoms with Gasteiger partial charge in [0.2, 0.25) is 0 Å². The molecule has 0 amide bonds. The third-order valence-corrected chi connectivity index (χ3v) is 3.72. The standard InChI is InChI=1S/C17H37N3O2.HI/c1-10-18-15(19-11-13(21-8)16(2,3)4)20-12-14(22-9)17(5,6)7;/h13-14H,10-12H2,1-9H3,(H2,18,19,20);1H. The van der Waals surface area contributed by atoms with Gasteiger partial charge in [0.1, 0.15) is 0 Å². The third kappa shape index (κ3) is 10.4. The molecular formula is C17H38IN3O2. The number of nitrogens with one attached hydrogen (secondary N) is 2. The average molecular weight is 443 g/mol. The lowest BCUT2D eigenvalue weighted by Crippen LogP contribution is -2.46. The van der Waals surface area contributed by atoms with Gasteiger partial charge in [0.25, 0.3) is 0 Å². The number of methoxy groups -OCH3 is 2. The Morgan fingerprint density at radius 2 is 1.39 bits per heavy atom. The Labute approximate surface area is 160 Å². The van der Waals surface area contributed by atoms with E-state index in [0.717, 1.165) is 19.0 Å². The summed E-state index contributed by atoms with van der Waals surface area (Å²) in [5.74, 6) is 0.806. The second-order valence-electron chi connectivity index (χ2n) is 7.78. The highest BCUT2D eigenvalue weighted by molar-refractivity contribution is 14.0. The lowest BCUT2D eigenvalue weighted by Gasteiger charge is -2.30. The van der Waals surface area contributed by atoms with E-state index in [-0.39, 0.29) is 47.0 Å². The molecule has 0 saturated heterocycles. The molecule has 0 saturated carbocycles. The van der Waals surface area contributed by atoms with Crippen molar-refractivity contribution in [3.63, 3.8) is 0 Å². The van der Waals surface area contributed by atoms with Crippen molar-refractivity contribution in [2.45, 2.75) is 60.7 Å². The lowest BCUT2D eigenvalue weighted by molar-refractivity contribution is 0.0199. The fourth-order valence-corrected chi connectivity index (χ4v) is 2.15. The maximum absolute atomic E-state index is 5.57. The van der Waals surface area contributed by atoms with Crippen LogP contribution in [-0.2, 0) is 9.47 Å². The van der Waals surface area contributed by atoms with E-state index >= 15 is 0 Å². The van der Waals surface area contributed by atoms with Gasteiger partial charge in [-0.05, 0) is 17.8 Å². The van der Waals surface area contributed by atoms with Gasteiger partial charge in [-0.25, -0.2) is 0 Å². The number of aliphatic imine (C=N–C) groups is 1. The van der Waals surface area contributed by atoms with E-state index in [9.17, 15) is 0 Å². The van der Waals surface area contributed by atoms with Gasteiger partial charge in [0.15, 0.2) is 5.96 Å². The lowest BCUT2D eigenvalue weighted by atomic mass is 9.89. The smallest absolute Gasteiger partial charge is 0.191 e. The van der Waals surface area contributed by atoms with Crippen LogP contribution < -0.4 is 10.6 Å². The maximum Gasteiger partial charge on any atom is 0.191 e. The normalized spacial score (nSPS) is 15.6. The highest BCUT2D eigenvalue weighted by Gasteiger charge is 2.25. The quantitative estimate of drug-likeness (QED) is 0.360. The number of ether oxygens (including phenoxy) is 2. The molecule has 0 spiro atoms. The zero-order chi connectivity index (χ0) is 17.4. The van der Waals surface area contributed by atoms with Crippen LogP contribution in [0.1, 0.15) is 48.5 Å². The van der Waals surface area contributed by atoms with E-state index in [1.807, 2.05) is 0 Å². The Bertz CT molecular complexity index is 336. The SMILES string of the molecule is CCNC(=NCC(OC)C(C)(C)C)NCC(OC)C(C)(C)C.I. The van der Waals surface area contributed by atoms with Gasteiger partial charge in [-0.15, -0.1) is 24.0 Å². The largest absolute Gasteiger partial charge is 0.379 e. The van der Waals surface area contributed by atoms with Crippen LogP contribution in [0.5, 0.6) is 0 Å². The first-order chi connectivity index (χ1) is 10.1. The number of rotatable bonds is 7. The molecule has 2 atom stereocenters. The second-order valence-corrected chi connectivity index (χ2v) is 7.78. The first kappa shape index (κ1) is 25.2. The highest BCUT2D eigenvalue weighted by Crippen LogP contribution is 2.22. The predicted molar refractivity (Wildman–Crippen MR) is 110 cm³/mol. The van der Waals surface area contributed by atoms with Crippen molar-refractivity contribution >= 4 is 29.9 Å². The Morgan fingerprint density at radius 1 is 0.913 bits per heavy atom. The van der Waals surface area contributed by atoms with Crippen LogP contribution in [0.3, 0.4) is 0 Å². The van der Waals surface area contributed by atoms with Crippen LogP contribution in [-0.4, -0.2) is 52.0 Å². The zero-order valence-corrected chi connectivity index (χ0v) is 18.8. The Morgan fingerprint density at radius 3 is 1.74 bits per heavy atom. The van der Waals surface area contributed by atoms with E-state index in [4.69, 9.17) is 9.47 Å². The second kappa shape index (κ2) is 11.5. The van der Waals surface area contributed by atoms with Crippen LogP contribution in [0.2, 0.25) is 0 Å². The van der Waals surface area contributed by atoms with E-state index < -0.39 is 0 Å². The number of nitrogens with zero attached hydrogens (tertiary/aromatic N) is 1. The number of hydrogen-bond acceptors (Lipinski definition) is 3. The summed E-state index contributed by atoms with van der Waals surface area (Å²) in [6, 6.07) is 0. The average Bonchev–Trinajstić information content (AvgIpc) is 2.36. The van der Waals surface area contributed by atoms with Crippen molar-refractivity contribution in [2.75, 3.05) is 33.9 Å². The predicted octanol–water partition coefficient (Wildman–Crippen LogP) is 3.28. The monoisotopic (exact) mass is 443 g/mol. The number of halogens is 1. The van der Waals surface area contributed by atoms with Crippen molar-refractivity contribution in [2.24, 2.45) is 15.8 Å². The molecule has 23 heavy (non-hydrogen) atoms. The van der Waals surface area contributed by atoms with Crippen LogP contribution in [0.4, 0.5) is 0 Å². The molecule has 140 valence electrons. The minimum atomic E-state index is 0. The summed E-state index contributed by atoms with van der Waals surface area (Å²) in [7, 11) is 3.49. The molecule has 5 nitrogen and oxygen atoms in total. The summed E-state index contributed by atoms with van der Waals surface area (Å²) in [5, 5.41) is 6.64. The first-order valence-corrected chi connectivity index (χ1v) is 8.14. The van der Waals surface area contributed by atoms with Gasteiger partial charge < -0.3 is 20.1 Å². The molecule has 2 unspecified atom stereocenters. The van der Waals surface area contributed by atoms with Crippen molar-refractivity contribution < 1.29 is 9.47 Å². The van der Waals surface area contributed by atoms with Crippen molar-refractivity contribution in [3.8, 4) is 0 Å². The molecule has 0 aromatic carbocycles. The molecule has 0 aliphatic rings. The molecule has 2 N–H and O–H groups in total. The summed E-state index contributed by atoms with van der Waals surface area (Å²) < 4.78 is 11.1. The summed E-state index contributed by atoms with van der Waals surface area (Å²) in [5.41, 5.74) is 0.148. The Hall–Kier alpha value is -0.0800. The molecule has 6 heteroatoms. The van der Waals surface area contributed by atoms with E-state index in [1.165, 1.54) is 0 Å². The Kier molecular flexibility index (Phi) is 12.5. The topological polar surface area (TPSA) is 54.9 Å². The fraction of sp³-hybridized carbons (Fsp3) is 0.941. The summed E-state index contributed by atoms with van der Waals surface area (Å²) in [6.45, 7) is 17.3. The first-order valence-electron chi connectivity index (χ1n) is 8.14. The number of guanidine groups is 1. The highest BCUT2D eigenvalue weighted by atomic mass is 127. The molecule has 0 bridgehead atoms. The van der Waals surface area contributed by atoms with Gasteiger partial charge in [0.05, 0.1) is 18.8 Å². The molecule has 0 heterocycles. The van der Waals surface area contributed by atoms with Crippen molar-refractivity contribution in [1.29, 1.82) is 0 Å². The van der Waals surface area contributed by atoms with E-state index in [1.54, 1.807) is 14.2 Å². The minimum absolute atomic E-state index is 0. The van der Waals surface area contributed by atoms with Gasteiger partial charge >= 0.3 is 0 Å². The summed E-state index contributed by atoms with van der Waals surface area (Å²) >= 11 is 0. The minimum Gasteiger partial charge on any atom is -0.379 e. The fourth-order valence-electron chi connectivity index (χ4n) is 2.15. The van der Waals surface area contributed by atoms with Crippen molar-refractivity contribution in [1.82, 2.24) is 10.6 Å². The molecular weight excluding hydrogens is 405 g/mol. The van der Waals surface area contributed by atoms with E-state index in [2.05, 4.69) is 64.1 Å². The molecule has 0 aromatic rings. The molecule has 0 aromatic heterocycles. The van der Waals surface area contributed by atoms with E-state index in [0.29, 0.717) is 6.54 Å². The van der Waals surface area contributed by atoms with Crippen LogP contribution in [0.25, 0.3) is 0 Å². The third-order valence-electron chi connectivity index (χ3n) is 3.72. The van der Waals surface area contributed by atoms with Gasteiger partial charge in [-0.1, -0.05) is 41.5 Å². The summed E-state index contributed by atoms with van der Waals surface area (Å²) in [6.07, 6.45) is 0.209. The van der Waals surface area contributed by atoms with Gasteiger partial charge in [-0.2, -0.15) is 0 Å². The van der Waals surface area contributed by atoms with Crippen LogP contribution >= 0.6 is 24.0 Å².